The smallest absolute Gasteiger partial charge is 0.318 e. The first-order valence-corrected chi connectivity index (χ1v) is 11.8. The summed E-state index contributed by atoms with van der Waals surface area (Å²) in [6, 6.07) is 11.6. The van der Waals surface area contributed by atoms with Gasteiger partial charge in [0.1, 0.15) is 6.04 Å². The lowest BCUT2D eigenvalue weighted by Crippen LogP contribution is -2.48. The highest BCUT2D eigenvalue weighted by atomic mass is 35.5. The molecule has 1 aliphatic heterocycles. The van der Waals surface area contributed by atoms with Crippen molar-refractivity contribution in [3.8, 4) is 0 Å². The van der Waals surface area contributed by atoms with Gasteiger partial charge in [0.2, 0.25) is 15.9 Å². The summed E-state index contributed by atoms with van der Waals surface area (Å²) in [7, 11) is -2.45. The van der Waals surface area contributed by atoms with Gasteiger partial charge in [0.25, 0.3) is 0 Å². The average Bonchev–Trinajstić information content (AvgIpc) is 2.97. The lowest BCUT2D eigenvalue weighted by molar-refractivity contribution is -0.124. The lowest BCUT2D eigenvalue weighted by atomic mass is 10.1. The van der Waals surface area contributed by atoms with Crippen molar-refractivity contribution in [1.82, 2.24) is 14.9 Å². The fourth-order valence-electron chi connectivity index (χ4n) is 3.37. The second kappa shape index (κ2) is 10.1. The second-order valence-electron chi connectivity index (χ2n) is 7.21. The summed E-state index contributed by atoms with van der Waals surface area (Å²) in [6.45, 7) is 0.549. The zero-order valence-corrected chi connectivity index (χ0v) is 18.7. The van der Waals surface area contributed by atoms with Gasteiger partial charge in [-0.25, -0.2) is 13.2 Å². The van der Waals surface area contributed by atoms with E-state index in [2.05, 4.69) is 16.0 Å². The van der Waals surface area contributed by atoms with Gasteiger partial charge >= 0.3 is 6.03 Å². The van der Waals surface area contributed by atoms with Crippen LogP contribution in [0, 0.1) is 0 Å². The number of hydrogen-bond acceptors (Lipinski definition) is 4. The third kappa shape index (κ3) is 5.75. The van der Waals surface area contributed by atoms with Crippen molar-refractivity contribution < 1.29 is 18.0 Å². The van der Waals surface area contributed by atoms with Gasteiger partial charge in [-0.2, -0.15) is 4.31 Å². The summed E-state index contributed by atoms with van der Waals surface area (Å²) in [6.07, 6.45) is 1.98. The molecule has 1 atom stereocenters. The van der Waals surface area contributed by atoms with Crippen molar-refractivity contribution in [3.05, 3.63) is 59.1 Å². The Morgan fingerprint density at radius 2 is 1.81 bits per heavy atom. The van der Waals surface area contributed by atoms with E-state index in [1.165, 1.54) is 35.6 Å². The molecular formula is C21H25ClN4O4S. The zero-order chi connectivity index (χ0) is 22.4. The minimum atomic E-state index is -3.96. The minimum Gasteiger partial charge on any atom is -0.355 e. The van der Waals surface area contributed by atoms with E-state index in [0.717, 1.165) is 12.8 Å². The molecule has 0 radical (unpaired) electrons. The first kappa shape index (κ1) is 23.1. The Hall–Kier alpha value is -2.62. The summed E-state index contributed by atoms with van der Waals surface area (Å²) in [5.41, 5.74) is 1.26. The molecule has 8 nitrogen and oxygen atoms in total. The molecule has 0 saturated carbocycles. The fraction of sp³-hybridized carbons (Fsp3) is 0.333. The van der Waals surface area contributed by atoms with Crippen LogP contribution in [0.4, 0.5) is 10.5 Å². The number of amides is 3. The molecule has 0 aliphatic carbocycles. The van der Waals surface area contributed by atoms with Gasteiger partial charge < -0.3 is 16.0 Å². The Kier molecular flexibility index (Phi) is 7.53. The monoisotopic (exact) mass is 464 g/mol. The van der Waals surface area contributed by atoms with Gasteiger partial charge in [0.15, 0.2) is 0 Å². The molecule has 0 unspecified atom stereocenters. The number of urea groups is 1. The van der Waals surface area contributed by atoms with Crippen LogP contribution in [0.2, 0.25) is 5.02 Å². The Bertz CT molecular complexity index is 1030. The van der Waals surface area contributed by atoms with Crippen molar-refractivity contribution in [1.29, 1.82) is 0 Å². The molecule has 3 N–H and O–H groups in total. The Balaban J connectivity index is 1.93. The van der Waals surface area contributed by atoms with Crippen LogP contribution in [-0.2, 0) is 21.4 Å². The predicted octanol–water partition coefficient (Wildman–Crippen LogP) is 2.95. The van der Waals surface area contributed by atoms with Crippen LogP contribution in [0.3, 0.4) is 0 Å². The van der Waals surface area contributed by atoms with Gasteiger partial charge in [-0.15, -0.1) is 0 Å². The first-order chi connectivity index (χ1) is 14.8. The second-order valence-corrected chi connectivity index (χ2v) is 9.53. The number of carbonyl (C=O) groups excluding carboxylic acids is 2. The fourth-order valence-corrected chi connectivity index (χ4v) is 5.10. The Morgan fingerprint density at radius 3 is 2.45 bits per heavy atom. The highest BCUT2D eigenvalue weighted by Gasteiger charge is 2.36. The van der Waals surface area contributed by atoms with E-state index in [4.69, 9.17) is 11.6 Å². The molecule has 1 aliphatic rings. The topological polar surface area (TPSA) is 108 Å². The maximum Gasteiger partial charge on any atom is 0.318 e. The molecule has 2 aromatic carbocycles. The van der Waals surface area contributed by atoms with Crippen molar-refractivity contribution in [2.24, 2.45) is 0 Å². The molecule has 1 fully saturated rings. The first-order valence-electron chi connectivity index (χ1n) is 9.94. The van der Waals surface area contributed by atoms with Gasteiger partial charge in [-0.1, -0.05) is 23.7 Å². The van der Waals surface area contributed by atoms with Crippen LogP contribution in [0.15, 0.2) is 53.4 Å². The quantitative estimate of drug-likeness (QED) is 0.610. The third-order valence-electron chi connectivity index (χ3n) is 5.05. The van der Waals surface area contributed by atoms with Gasteiger partial charge in [0.05, 0.1) is 4.90 Å². The Labute approximate surface area is 187 Å². The summed E-state index contributed by atoms with van der Waals surface area (Å²) in [4.78, 5) is 24.2. The molecule has 3 rings (SSSR count). The molecule has 1 saturated heterocycles. The van der Waals surface area contributed by atoms with Crippen LogP contribution >= 0.6 is 11.6 Å². The van der Waals surface area contributed by atoms with E-state index in [-0.39, 0.29) is 23.4 Å². The van der Waals surface area contributed by atoms with Gasteiger partial charge in [-0.05, 0) is 61.2 Å². The van der Waals surface area contributed by atoms with Gasteiger partial charge in [-0.3, -0.25) is 4.79 Å². The van der Waals surface area contributed by atoms with Crippen molar-refractivity contribution in [2.75, 3.05) is 18.9 Å². The summed E-state index contributed by atoms with van der Waals surface area (Å²) in [5.74, 6) is -0.298. The minimum absolute atomic E-state index is 0.0172. The van der Waals surface area contributed by atoms with Crippen molar-refractivity contribution >= 4 is 39.2 Å². The van der Waals surface area contributed by atoms with E-state index < -0.39 is 16.1 Å². The van der Waals surface area contributed by atoms with Crippen molar-refractivity contribution in [3.63, 3.8) is 0 Å². The number of halogens is 1. The number of anilines is 1. The molecule has 31 heavy (non-hydrogen) atoms. The maximum absolute atomic E-state index is 13.5. The highest BCUT2D eigenvalue weighted by Crippen LogP contribution is 2.26. The number of nitrogens with one attached hydrogen (secondary N) is 3. The van der Waals surface area contributed by atoms with E-state index in [1.54, 1.807) is 24.3 Å². The largest absolute Gasteiger partial charge is 0.355 e. The normalized spacial score (nSPS) is 17.0. The Morgan fingerprint density at radius 1 is 1.13 bits per heavy atom. The molecule has 2 aromatic rings. The number of benzene rings is 2. The molecule has 0 spiro atoms. The maximum atomic E-state index is 13.5. The summed E-state index contributed by atoms with van der Waals surface area (Å²) in [5, 5.41) is 8.36. The molecular weight excluding hydrogens is 440 g/mol. The average molecular weight is 465 g/mol. The van der Waals surface area contributed by atoms with Crippen molar-refractivity contribution in [2.45, 2.75) is 36.7 Å². The molecule has 3 amide bonds. The van der Waals surface area contributed by atoms with Crippen LogP contribution in [0.1, 0.15) is 24.8 Å². The molecule has 1 heterocycles. The molecule has 10 heteroatoms. The lowest BCUT2D eigenvalue weighted by Gasteiger charge is -2.29. The summed E-state index contributed by atoms with van der Waals surface area (Å²) < 4.78 is 28.2. The van der Waals surface area contributed by atoms with Gasteiger partial charge in [0, 0.05) is 30.8 Å². The van der Waals surface area contributed by atoms with Crippen LogP contribution in [-0.4, -0.2) is 44.3 Å². The highest BCUT2D eigenvalue weighted by molar-refractivity contribution is 7.89. The molecule has 0 aromatic heterocycles. The SMILES string of the molecule is CNC(=O)Nc1ccc(CN([C@@H]2CCCCNC2=O)S(=O)(=O)c2ccc(Cl)cc2)cc1. The number of hydrogen-bond donors (Lipinski definition) is 3. The number of rotatable bonds is 6. The number of carbonyl (C=O) groups is 2. The van der Waals surface area contributed by atoms with Crippen LogP contribution < -0.4 is 16.0 Å². The zero-order valence-electron chi connectivity index (χ0n) is 17.1. The predicted molar refractivity (Wildman–Crippen MR) is 119 cm³/mol. The van der Waals surface area contributed by atoms with Crippen LogP contribution in [0.5, 0.6) is 0 Å². The number of nitrogens with zero attached hydrogens (tertiary/aromatic N) is 1. The van der Waals surface area contributed by atoms with Crippen LogP contribution in [0.25, 0.3) is 0 Å². The standard InChI is InChI=1S/C21H25ClN4O4S/c1-23-21(28)25-17-9-5-15(6-10-17)14-26(19-4-2-3-13-24-20(19)27)31(29,30)18-11-7-16(22)8-12-18/h5-12,19H,2-4,13-14H2,1H3,(H,24,27)(H2,23,25,28)/t19-/m1/s1. The molecule has 0 bridgehead atoms. The third-order valence-corrected chi connectivity index (χ3v) is 7.17. The number of sulfonamides is 1. The van der Waals surface area contributed by atoms with E-state index in [1.807, 2.05) is 0 Å². The van der Waals surface area contributed by atoms with E-state index >= 15 is 0 Å². The summed E-state index contributed by atoms with van der Waals surface area (Å²) >= 11 is 5.92. The van der Waals surface area contributed by atoms with E-state index in [0.29, 0.717) is 29.2 Å². The molecule has 166 valence electrons. The van der Waals surface area contributed by atoms with E-state index in [9.17, 15) is 18.0 Å².